The molecule has 2 unspecified atom stereocenters. The molecule has 92 valence electrons. The number of piperidine rings is 1. The van der Waals surface area contributed by atoms with Crippen molar-refractivity contribution in [1.82, 2.24) is 16.0 Å². The fourth-order valence-corrected chi connectivity index (χ4v) is 1.71. The smallest absolute Gasteiger partial charge is 0.237 e. The molecule has 0 aromatic rings. The molecular formula is C11H21N3O2. The molecule has 3 N–H and O–H groups in total. The van der Waals surface area contributed by atoms with Gasteiger partial charge in [-0.15, -0.1) is 0 Å². The summed E-state index contributed by atoms with van der Waals surface area (Å²) in [6, 6.07) is -0.545. The summed E-state index contributed by atoms with van der Waals surface area (Å²) in [7, 11) is 0. The Morgan fingerprint density at radius 1 is 1.62 bits per heavy atom. The third kappa shape index (κ3) is 3.81. The van der Waals surface area contributed by atoms with E-state index in [-0.39, 0.29) is 23.9 Å². The van der Waals surface area contributed by atoms with Gasteiger partial charge in [-0.3, -0.25) is 14.9 Å². The molecule has 0 aromatic carbocycles. The van der Waals surface area contributed by atoms with Crippen molar-refractivity contribution in [1.29, 1.82) is 0 Å². The van der Waals surface area contributed by atoms with Gasteiger partial charge < -0.3 is 10.6 Å². The molecule has 2 amide bonds. The molecule has 0 aromatic heterocycles. The fraction of sp³-hybridized carbons (Fsp3) is 0.818. The van der Waals surface area contributed by atoms with Gasteiger partial charge in [-0.05, 0) is 26.2 Å². The van der Waals surface area contributed by atoms with Crippen LogP contribution in [0.25, 0.3) is 0 Å². The summed E-state index contributed by atoms with van der Waals surface area (Å²) in [6.45, 7) is 5.22. The predicted molar refractivity (Wildman–Crippen MR) is 61.9 cm³/mol. The van der Waals surface area contributed by atoms with E-state index in [1.54, 1.807) is 6.92 Å². The lowest BCUT2D eigenvalue weighted by Gasteiger charge is -2.25. The maximum Gasteiger partial charge on any atom is 0.237 e. The number of carbonyl (C=O) groups excluding carboxylic acids is 2. The van der Waals surface area contributed by atoms with Crippen LogP contribution in [0.3, 0.4) is 0 Å². The van der Waals surface area contributed by atoms with Crippen LogP contribution in [0.5, 0.6) is 0 Å². The van der Waals surface area contributed by atoms with E-state index in [1.807, 2.05) is 6.92 Å². The lowest BCUT2D eigenvalue weighted by molar-refractivity contribution is -0.126. The van der Waals surface area contributed by atoms with Crippen molar-refractivity contribution in [3.63, 3.8) is 0 Å². The van der Waals surface area contributed by atoms with E-state index < -0.39 is 0 Å². The van der Waals surface area contributed by atoms with Crippen LogP contribution in [-0.2, 0) is 9.59 Å². The standard InChI is InChI=1S/C11H21N3O2/c1-3-6-12-10(15)8(2)14-9-5-4-7-13-11(9)16/h8-9,14H,3-7H2,1-2H3,(H,12,15)(H,13,16). The second-order valence-corrected chi connectivity index (χ2v) is 4.17. The zero-order valence-corrected chi connectivity index (χ0v) is 10.0. The summed E-state index contributed by atoms with van der Waals surface area (Å²) in [4.78, 5) is 23.0. The second kappa shape index (κ2) is 6.48. The molecule has 2 atom stereocenters. The molecule has 5 heteroatoms. The van der Waals surface area contributed by atoms with Crippen LogP contribution in [0.4, 0.5) is 0 Å². The lowest BCUT2D eigenvalue weighted by atomic mass is 10.1. The molecule has 0 bridgehead atoms. The summed E-state index contributed by atoms with van der Waals surface area (Å²) in [5.74, 6) is -0.0402. The van der Waals surface area contributed by atoms with Crippen molar-refractivity contribution in [3.05, 3.63) is 0 Å². The summed E-state index contributed by atoms with van der Waals surface area (Å²) >= 11 is 0. The largest absolute Gasteiger partial charge is 0.355 e. The van der Waals surface area contributed by atoms with Crippen LogP contribution >= 0.6 is 0 Å². The van der Waals surface area contributed by atoms with Crippen molar-refractivity contribution < 1.29 is 9.59 Å². The minimum atomic E-state index is -0.319. The maximum atomic E-state index is 11.6. The topological polar surface area (TPSA) is 70.2 Å². The molecule has 0 radical (unpaired) electrons. The van der Waals surface area contributed by atoms with Gasteiger partial charge in [0.1, 0.15) is 0 Å². The highest BCUT2D eigenvalue weighted by Gasteiger charge is 2.25. The molecule has 1 fully saturated rings. The Bertz CT molecular complexity index is 256. The van der Waals surface area contributed by atoms with Crippen LogP contribution in [-0.4, -0.2) is 37.0 Å². The molecule has 0 spiro atoms. The monoisotopic (exact) mass is 227 g/mol. The summed E-state index contributed by atoms with van der Waals surface area (Å²) in [5, 5.41) is 8.64. The normalized spacial score (nSPS) is 22.4. The highest BCUT2D eigenvalue weighted by Crippen LogP contribution is 2.03. The molecule has 1 aliphatic rings. The number of hydrogen-bond acceptors (Lipinski definition) is 3. The first kappa shape index (κ1) is 13.0. The van der Waals surface area contributed by atoms with Crippen LogP contribution < -0.4 is 16.0 Å². The van der Waals surface area contributed by atoms with E-state index in [9.17, 15) is 9.59 Å². The van der Waals surface area contributed by atoms with Gasteiger partial charge in [-0.25, -0.2) is 0 Å². The number of rotatable bonds is 5. The molecule has 1 heterocycles. The zero-order chi connectivity index (χ0) is 12.0. The molecule has 1 rings (SSSR count). The van der Waals surface area contributed by atoms with Crippen molar-refractivity contribution in [3.8, 4) is 0 Å². The van der Waals surface area contributed by atoms with Gasteiger partial charge in [0.15, 0.2) is 0 Å². The first-order chi connectivity index (χ1) is 7.65. The predicted octanol–water partition coefficient (Wildman–Crippen LogP) is -0.231. The van der Waals surface area contributed by atoms with Crippen molar-refractivity contribution in [2.24, 2.45) is 0 Å². The van der Waals surface area contributed by atoms with E-state index in [0.717, 1.165) is 25.8 Å². The summed E-state index contributed by atoms with van der Waals surface area (Å²) in [6.07, 6.45) is 2.69. The van der Waals surface area contributed by atoms with Gasteiger partial charge in [0.25, 0.3) is 0 Å². The Balaban J connectivity index is 2.34. The Hall–Kier alpha value is -1.10. The highest BCUT2D eigenvalue weighted by atomic mass is 16.2. The highest BCUT2D eigenvalue weighted by molar-refractivity contribution is 5.85. The Kier molecular flexibility index (Phi) is 5.25. The number of nitrogens with one attached hydrogen (secondary N) is 3. The molecule has 1 aliphatic heterocycles. The van der Waals surface area contributed by atoms with Crippen LogP contribution in [0, 0.1) is 0 Å². The third-order valence-electron chi connectivity index (χ3n) is 2.68. The van der Waals surface area contributed by atoms with E-state index in [4.69, 9.17) is 0 Å². The summed E-state index contributed by atoms with van der Waals surface area (Å²) < 4.78 is 0. The summed E-state index contributed by atoms with van der Waals surface area (Å²) in [5.41, 5.74) is 0. The minimum Gasteiger partial charge on any atom is -0.355 e. The molecule has 0 saturated carbocycles. The SMILES string of the molecule is CCCNC(=O)C(C)NC1CCCNC1=O. The Morgan fingerprint density at radius 2 is 2.38 bits per heavy atom. The maximum absolute atomic E-state index is 11.6. The van der Waals surface area contributed by atoms with E-state index in [1.165, 1.54) is 0 Å². The van der Waals surface area contributed by atoms with Gasteiger partial charge in [-0.2, -0.15) is 0 Å². The minimum absolute atomic E-state index is 0.00129. The van der Waals surface area contributed by atoms with Crippen LogP contribution in [0.15, 0.2) is 0 Å². The fourth-order valence-electron chi connectivity index (χ4n) is 1.71. The molecule has 16 heavy (non-hydrogen) atoms. The van der Waals surface area contributed by atoms with Crippen LogP contribution in [0.2, 0.25) is 0 Å². The molecular weight excluding hydrogens is 206 g/mol. The zero-order valence-electron chi connectivity index (χ0n) is 10.0. The lowest BCUT2D eigenvalue weighted by Crippen LogP contribution is -2.54. The van der Waals surface area contributed by atoms with E-state index in [2.05, 4.69) is 16.0 Å². The number of carbonyl (C=O) groups is 2. The van der Waals surface area contributed by atoms with E-state index in [0.29, 0.717) is 6.54 Å². The van der Waals surface area contributed by atoms with Gasteiger partial charge in [-0.1, -0.05) is 6.92 Å². The van der Waals surface area contributed by atoms with Crippen molar-refractivity contribution in [2.45, 2.75) is 45.2 Å². The Morgan fingerprint density at radius 3 is 3.00 bits per heavy atom. The van der Waals surface area contributed by atoms with Gasteiger partial charge in [0.2, 0.25) is 11.8 Å². The second-order valence-electron chi connectivity index (χ2n) is 4.17. The first-order valence-electron chi connectivity index (χ1n) is 5.96. The van der Waals surface area contributed by atoms with Crippen LogP contribution in [0.1, 0.15) is 33.1 Å². The molecule has 1 saturated heterocycles. The van der Waals surface area contributed by atoms with Gasteiger partial charge in [0.05, 0.1) is 12.1 Å². The van der Waals surface area contributed by atoms with E-state index >= 15 is 0 Å². The van der Waals surface area contributed by atoms with Gasteiger partial charge >= 0.3 is 0 Å². The quantitative estimate of drug-likeness (QED) is 0.607. The average molecular weight is 227 g/mol. The number of hydrogen-bond donors (Lipinski definition) is 3. The third-order valence-corrected chi connectivity index (χ3v) is 2.68. The average Bonchev–Trinajstić information content (AvgIpc) is 2.28. The molecule has 0 aliphatic carbocycles. The first-order valence-corrected chi connectivity index (χ1v) is 5.96. The van der Waals surface area contributed by atoms with Crippen molar-refractivity contribution >= 4 is 11.8 Å². The molecule has 5 nitrogen and oxygen atoms in total. The Labute approximate surface area is 96.4 Å². The van der Waals surface area contributed by atoms with Crippen molar-refractivity contribution in [2.75, 3.05) is 13.1 Å². The number of amides is 2. The van der Waals surface area contributed by atoms with Gasteiger partial charge in [0, 0.05) is 13.1 Å².